The highest BCUT2D eigenvalue weighted by atomic mass is 19.1. The van der Waals surface area contributed by atoms with E-state index in [1.807, 2.05) is 37.3 Å². The Bertz CT molecular complexity index is 1220. The van der Waals surface area contributed by atoms with Crippen LogP contribution in [0.15, 0.2) is 71.9 Å². The molecule has 8 heteroatoms. The number of rotatable bonds is 5. The van der Waals surface area contributed by atoms with Gasteiger partial charge in [-0.15, -0.1) is 0 Å². The maximum atomic E-state index is 13.1. The molecule has 4 aromatic rings. The van der Waals surface area contributed by atoms with E-state index in [4.69, 9.17) is 0 Å². The Kier molecular flexibility index (Phi) is 4.90. The van der Waals surface area contributed by atoms with E-state index in [1.165, 1.54) is 33.9 Å². The molecule has 0 saturated heterocycles. The summed E-state index contributed by atoms with van der Waals surface area (Å²) in [6.45, 7) is 1.73. The molecule has 2 heterocycles. The number of hydrogen-bond acceptors (Lipinski definition) is 4. The van der Waals surface area contributed by atoms with Crippen LogP contribution in [0.3, 0.4) is 0 Å². The predicted octanol–water partition coefficient (Wildman–Crippen LogP) is 2.60. The van der Waals surface area contributed by atoms with Gasteiger partial charge >= 0.3 is 0 Å². The lowest BCUT2D eigenvalue weighted by atomic mass is 10.1. The van der Waals surface area contributed by atoms with Crippen LogP contribution in [0.1, 0.15) is 18.5 Å². The summed E-state index contributed by atoms with van der Waals surface area (Å²) in [5.41, 5.74) is 1.53. The highest BCUT2D eigenvalue weighted by molar-refractivity contribution is 5.78. The number of carbonyl (C=O) groups excluding carboxylic acids is 1. The third kappa shape index (κ3) is 3.77. The van der Waals surface area contributed by atoms with Gasteiger partial charge in [0.1, 0.15) is 24.1 Å². The fourth-order valence-corrected chi connectivity index (χ4v) is 3.10. The summed E-state index contributed by atoms with van der Waals surface area (Å²) in [7, 11) is 0. The standard InChI is InChI=1S/C21H18FN5O2/c1-14(15-5-3-2-4-6-15)25-19(28)12-26-13-23-20-18(21(26)29)11-24-27(20)17-9-7-16(22)8-10-17/h2-11,13-14H,12H2,1H3,(H,25,28). The van der Waals surface area contributed by atoms with Crippen LogP contribution in [-0.4, -0.2) is 25.2 Å². The van der Waals surface area contributed by atoms with E-state index in [1.54, 1.807) is 12.1 Å². The van der Waals surface area contributed by atoms with Gasteiger partial charge in [-0.2, -0.15) is 5.10 Å². The molecule has 4 rings (SSSR count). The third-order valence-electron chi connectivity index (χ3n) is 4.62. The van der Waals surface area contributed by atoms with Gasteiger partial charge in [0, 0.05) is 0 Å². The second-order valence-electron chi connectivity index (χ2n) is 6.65. The smallest absolute Gasteiger partial charge is 0.264 e. The van der Waals surface area contributed by atoms with Crippen molar-refractivity contribution in [2.75, 3.05) is 0 Å². The van der Waals surface area contributed by atoms with E-state index in [0.29, 0.717) is 11.3 Å². The molecule has 1 unspecified atom stereocenters. The molecule has 0 spiro atoms. The zero-order valence-electron chi connectivity index (χ0n) is 15.6. The molecule has 0 bridgehead atoms. The van der Waals surface area contributed by atoms with E-state index >= 15 is 0 Å². The fourth-order valence-electron chi connectivity index (χ4n) is 3.10. The average Bonchev–Trinajstić information content (AvgIpc) is 3.16. The van der Waals surface area contributed by atoms with Crippen molar-refractivity contribution in [3.63, 3.8) is 0 Å². The van der Waals surface area contributed by atoms with E-state index < -0.39 is 0 Å². The van der Waals surface area contributed by atoms with Crippen LogP contribution in [0.25, 0.3) is 16.7 Å². The molecular weight excluding hydrogens is 373 g/mol. The van der Waals surface area contributed by atoms with Crippen molar-refractivity contribution in [3.8, 4) is 5.69 Å². The van der Waals surface area contributed by atoms with Gasteiger partial charge in [-0.1, -0.05) is 30.3 Å². The maximum Gasteiger partial charge on any atom is 0.264 e. The Balaban J connectivity index is 1.56. The fraction of sp³-hybridized carbons (Fsp3) is 0.143. The first-order chi connectivity index (χ1) is 14.0. The Morgan fingerprint density at radius 1 is 1.14 bits per heavy atom. The van der Waals surface area contributed by atoms with Gasteiger partial charge in [-0.05, 0) is 36.8 Å². The van der Waals surface area contributed by atoms with Gasteiger partial charge in [0.2, 0.25) is 5.91 Å². The molecular formula is C21H18FN5O2. The minimum Gasteiger partial charge on any atom is -0.348 e. The van der Waals surface area contributed by atoms with Gasteiger partial charge in [0.05, 0.1) is 17.9 Å². The van der Waals surface area contributed by atoms with Crippen LogP contribution < -0.4 is 10.9 Å². The van der Waals surface area contributed by atoms with Gasteiger partial charge in [-0.25, -0.2) is 14.1 Å². The topological polar surface area (TPSA) is 81.8 Å². The zero-order valence-corrected chi connectivity index (χ0v) is 15.6. The van der Waals surface area contributed by atoms with E-state index in [2.05, 4.69) is 15.4 Å². The summed E-state index contributed by atoms with van der Waals surface area (Å²) in [5, 5.41) is 7.33. The quantitative estimate of drug-likeness (QED) is 0.567. The second kappa shape index (κ2) is 7.67. The van der Waals surface area contributed by atoms with Crippen molar-refractivity contribution in [3.05, 3.63) is 88.9 Å². The van der Waals surface area contributed by atoms with Crippen molar-refractivity contribution < 1.29 is 9.18 Å². The summed E-state index contributed by atoms with van der Waals surface area (Å²) >= 11 is 0. The molecule has 0 radical (unpaired) electrons. The Morgan fingerprint density at radius 2 is 1.86 bits per heavy atom. The summed E-state index contributed by atoms with van der Waals surface area (Å²) in [4.78, 5) is 29.4. The maximum absolute atomic E-state index is 13.1. The minimum atomic E-state index is -0.370. The number of halogens is 1. The van der Waals surface area contributed by atoms with Gasteiger partial charge in [0.15, 0.2) is 5.65 Å². The Labute approximate surface area is 165 Å². The third-order valence-corrected chi connectivity index (χ3v) is 4.62. The van der Waals surface area contributed by atoms with Crippen LogP contribution in [0.4, 0.5) is 4.39 Å². The monoisotopic (exact) mass is 391 g/mol. The molecule has 0 aliphatic carbocycles. The Morgan fingerprint density at radius 3 is 2.59 bits per heavy atom. The molecule has 0 saturated carbocycles. The summed E-state index contributed by atoms with van der Waals surface area (Å²) in [6, 6.07) is 15.1. The van der Waals surface area contributed by atoms with Crippen molar-refractivity contribution >= 4 is 16.9 Å². The lowest BCUT2D eigenvalue weighted by molar-refractivity contribution is -0.122. The first-order valence-corrected chi connectivity index (χ1v) is 9.06. The second-order valence-corrected chi connectivity index (χ2v) is 6.65. The lowest BCUT2D eigenvalue weighted by Crippen LogP contribution is -2.33. The number of carbonyl (C=O) groups is 1. The van der Waals surface area contributed by atoms with Gasteiger partial charge in [0.25, 0.3) is 5.56 Å². The first-order valence-electron chi connectivity index (χ1n) is 9.06. The van der Waals surface area contributed by atoms with Crippen LogP contribution >= 0.6 is 0 Å². The van der Waals surface area contributed by atoms with E-state index in [9.17, 15) is 14.0 Å². The molecule has 1 amide bonds. The van der Waals surface area contributed by atoms with Crippen LogP contribution in [0.2, 0.25) is 0 Å². The van der Waals surface area contributed by atoms with Gasteiger partial charge in [-0.3, -0.25) is 14.2 Å². The summed E-state index contributed by atoms with van der Waals surface area (Å²) in [5.74, 6) is -0.660. The lowest BCUT2D eigenvalue weighted by Gasteiger charge is -2.14. The molecule has 1 atom stereocenters. The summed E-state index contributed by atoms with van der Waals surface area (Å²) in [6.07, 6.45) is 2.72. The van der Waals surface area contributed by atoms with Crippen LogP contribution in [-0.2, 0) is 11.3 Å². The van der Waals surface area contributed by atoms with E-state index in [0.717, 1.165) is 5.56 Å². The number of benzene rings is 2. The van der Waals surface area contributed by atoms with E-state index in [-0.39, 0.29) is 35.3 Å². The number of hydrogen-bond donors (Lipinski definition) is 1. The van der Waals surface area contributed by atoms with Crippen molar-refractivity contribution in [1.82, 2.24) is 24.6 Å². The predicted molar refractivity (Wildman–Crippen MR) is 106 cm³/mol. The molecule has 7 nitrogen and oxygen atoms in total. The SMILES string of the molecule is CC(NC(=O)Cn1cnc2c(cnn2-c2ccc(F)cc2)c1=O)c1ccccc1. The molecule has 0 fully saturated rings. The molecule has 2 aromatic heterocycles. The number of aromatic nitrogens is 4. The summed E-state index contributed by atoms with van der Waals surface area (Å²) < 4.78 is 15.8. The highest BCUT2D eigenvalue weighted by Crippen LogP contribution is 2.14. The zero-order chi connectivity index (χ0) is 20.4. The van der Waals surface area contributed by atoms with Crippen LogP contribution in [0.5, 0.6) is 0 Å². The molecule has 0 aliphatic heterocycles. The number of amides is 1. The molecule has 1 N–H and O–H groups in total. The number of nitrogens with one attached hydrogen (secondary N) is 1. The first kappa shape index (κ1) is 18.5. The van der Waals surface area contributed by atoms with Gasteiger partial charge < -0.3 is 5.32 Å². The average molecular weight is 391 g/mol. The number of fused-ring (bicyclic) bond motifs is 1. The molecule has 2 aromatic carbocycles. The van der Waals surface area contributed by atoms with Crippen LogP contribution in [0, 0.1) is 5.82 Å². The number of nitrogens with zero attached hydrogens (tertiary/aromatic N) is 4. The van der Waals surface area contributed by atoms with Crippen molar-refractivity contribution in [1.29, 1.82) is 0 Å². The normalized spacial score (nSPS) is 12.1. The van der Waals surface area contributed by atoms with Crippen molar-refractivity contribution in [2.24, 2.45) is 0 Å². The Hall–Kier alpha value is -3.81. The largest absolute Gasteiger partial charge is 0.348 e. The highest BCUT2D eigenvalue weighted by Gasteiger charge is 2.15. The molecule has 146 valence electrons. The molecule has 0 aliphatic rings. The van der Waals surface area contributed by atoms with Crippen molar-refractivity contribution in [2.45, 2.75) is 19.5 Å². The molecule has 29 heavy (non-hydrogen) atoms. The minimum absolute atomic E-state index is 0.152.